The Labute approximate surface area is 173 Å². The Bertz CT molecular complexity index is 866. The molecule has 9 nitrogen and oxygen atoms in total. The van der Waals surface area contributed by atoms with Crippen LogP contribution in [0.4, 0.5) is 5.69 Å². The molecule has 0 spiro atoms. The van der Waals surface area contributed by atoms with Crippen LogP contribution in [0.5, 0.6) is 0 Å². The lowest BCUT2D eigenvalue weighted by Gasteiger charge is -2.28. The number of guanidine groups is 1. The molecule has 0 saturated heterocycles. The Morgan fingerprint density at radius 1 is 1.24 bits per heavy atom. The number of pyridine rings is 1. The van der Waals surface area contributed by atoms with Gasteiger partial charge in [-0.3, -0.25) is 9.78 Å². The molecule has 0 aliphatic rings. The van der Waals surface area contributed by atoms with Crippen LogP contribution in [-0.4, -0.2) is 28.0 Å². The number of anilines is 1. The van der Waals surface area contributed by atoms with Crippen molar-refractivity contribution in [2.24, 2.45) is 10.5 Å². The van der Waals surface area contributed by atoms with Crippen LogP contribution in [0.3, 0.4) is 0 Å². The third-order valence-electron chi connectivity index (χ3n) is 3.65. The summed E-state index contributed by atoms with van der Waals surface area (Å²) in [6.07, 6.45) is 2.94. The number of hydrazone groups is 1. The molecule has 10 heteroatoms. The smallest absolute Gasteiger partial charge is 0.274 e. The second-order valence-electron chi connectivity index (χ2n) is 7.50. The molecule has 0 radical (unpaired) electrons. The highest BCUT2D eigenvalue weighted by atomic mass is 35.5. The van der Waals surface area contributed by atoms with E-state index >= 15 is 0 Å². The predicted octanol–water partition coefficient (Wildman–Crippen LogP) is 3.48. The molecule has 154 valence electrons. The Morgan fingerprint density at radius 2 is 1.93 bits per heavy atom. The molecule has 2 rings (SSSR count). The number of carbonyl (C=O) groups is 1. The van der Waals surface area contributed by atoms with Gasteiger partial charge in [0.05, 0.1) is 11.9 Å². The SMILES string of the molecule is CC(C)(C)CC(NC(=O)c1ccc(Cl)cc1)NC(=N[N+](=O)[O-])Nc1cccnc1. The molecule has 1 unspecified atom stereocenters. The van der Waals surface area contributed by atoms with Crippen molar-refractivity contribution in [1.82, 2.24) is 15.6 Å². The van der Waals surface area contributed by atoms with Gasteiger partial charge in [0.15, 0.2) is 5.03 Å². The maximum Gasteiger partial charge on any atom is 0.274 e. The van der Waals surface area contributed by atoms with Gasteiger partial charge in [0, 0.05) is 16.8 Å². The second-order valence-corrected chi connectivity index (χ2v) is 7.93. The van der Waals surface area contributed by atoms with Gasteiger partial charge in [-0.05, 0) is 48.2 Å². The zero-order valence-corrected chi connectivity index (χ0v) is 17.1. The van der Waals surface area contributed by atoms with Crippen molar-refractivity contribution in [1.29, 1.82) is 0 Å². The fourth-order valence-corrected chi connectivity index (χ4v) is 2.63. The third kappa shape index (κ3) is 8.14. The first-order valence-corrected chi connectivity index (χ1v) is 9.23. The minimum Gasteiger partial charge on any atom is -0.332 e. The van der Waals surface area contributed by atoms with Gasteiger partial charge in [-0.1, -0.05) is 32.4 Å². The number of amides is 1. The monoisotopic (exact) mass is 418 g/mol. The molecule has 29 heavy (non-hydrogen) atoms. The molecule has 0 bridgehead atoms. The van der Waals surface area contributed by atoms with E-state index in [9.17, 15) is 14.9 Å². The molecule has 1 aromatic heterocycles. The van der Waals surface area contributed by atoms with Gasteiger partial charge < -0.3 is 16.0 Å². The van der Waals surface area contributed by atoms with Crippen molar-refractivity contribution < 1.29 is 9.83 Å². The van der Waals surface area contributed by atoms with E-state index in [1.165, 1.54) is 6.20 Å². The van der Waals surface area contributed by atoms with Crippen molar-refractivity contribution in [2.45, 2.75) is 33.4 Å². The molecule has 2 aromatic rings. The first kappa shape index (κ1) is 22.1. The van der Waals surface area contributed by atoms with Crippen LogP contribution >= 0.6 is 11.6 Å². The van der Waals surface area contributed by atoms with Crippen LogP contribution in [-0.2, 0) is 0 Å². The van der Waals surface area contributed by atoms with Crippen molar-refractivity contribution >= 4 is 29.2 Å². The van der Waals surface area contributed by atoms with Crippen molar-refractivity contribution in [3.8, 4) is 0 Å². The Kier molecular flexibility index (Phi) is 7.49. The molecule has 1 heterocycles. The lowest BCUT2D eigenvalue weighted by molar-refractivity contribution is -0.485. The van der Waals surface area contributed by atoms with Gasteiger partial charge in [0.1, 0.15) is 11.3 Å². The molecule has 1 amide bonds. The number of hydrogen-bond acceptors (Lipinski definition) is 4. The van der Waals surface area contributed by atoms with Crippen LogP contribution in [0.2, 0.25) is 5.02 Å². The maximum atomic E-state index is 12.6. The summed E-state index contributed by atoms with van der Waals surface area (Å²) in [4.78, 5) is 27.5. The Morgan fingerprint density at radius 3 is 2.48 bits per heavy atom. The Balaban J connectivity index is 2.20. The summed E-state index contributed by atoms with van der Waals surface area (Å²) in [5, 5.41) is 22.6. The zero-order valence-electron chi connectivity index (χ0n) is 16.3. The van der Waals surface area contributed by atoms with Crippen molar-refractivity contribution in [2.75, 3.05) is 5.32 Å². The third-order valence-corrected chi connectivity index (χ3v) is 3.90. The average molecular weight is 419 g/mol. The number of benzene rings is 1. The number of rotatable bonds is 6. The summed E-state index contributed by atoms with van der Waals surface area (Å²) in [5.41, 5.74) is 0.751. The van der Waals surface area contributed by atoms with Crippen molar-refractivity contribution in [3.05, 3.63) is 69.5 Å². The van der Waals surface area contributed by atoms with E-state index in [1.54, 1.807) is 42.6 Å². The average Bonchev–Trinajstić information content (AvgIpc) is 2.61. The van der Waals surface area contributed by atoms with Gasteiger partial charge in [-0.2, -0.15) is 0 Å². The summed E-state index contributed by atoms with van der Waals surface area (Å²) in [7, 11) is 0. The highest BCUT2D eigenvalue weighted by molar-refractivity contribution is 6.30. The van der Waals surface area contributed by atoms with E-state index in [0.29, 0.717) is 22.7 Å². The number of carbonyl (C=O) groups excluding carboxylic acids is 1. The quantitative estimate of drug-likeness (QED) is 0.217. The van der Waals surface area contributed by atoms with Gasteiger partial charge in [-0.25, -0.2) is 10.1 Å². The number of nitro groups is 1. The summed E-state index contributed by atoms with van der Waals surface area (Å²) < 4.78 is 0. The summed E-state index contributed by atoms with van der Waals surface area (Å²) >= 11 is 5.87. The lowest BCUT2D eigenvalue weighted by Crippen LogP contribution is -2.51. The van der Waals surface area contributed by atoms with E-state index in [-0.39, 0.29) is 17.3 Å². The molecule has 0 aliphatic carbocycles. The number of nitrogens with zero attached hydrogens (tertiary/aromatic N) is 3. The van der Waals surface area contributed by atoms with E-state index in [0.717, 1.165) is 0 Å². The van der Waals surface area contributed by atoms with Crippen molar-refractivity contribution in [3.63, 3.8) is 0 Å². The molecule has 1 aromatic carbocycles. The number of hydrogen-bond donors (Lipinski definition) is 3. The summed E-state index contributed by atoms with van der Waals surface area (Å²) in [6, 6.07) is 9.81. The fraction of sp³-hybridized carbons (Fsp3) is 0.316. The largest absolute Gasteiger partial charge is 0.332 e. The minimum absolute atomic E-state index is 0.117. The van der Waals surface area contributed by atoms with Crippen LogP contribution < -0.4 is 16.0 Å². The Hall–Kier alpha value is -3.20. The van der Waals surface area contributed by atoms with Gasteiger partial charge in [0.2, 0.25) is 0 Å². The molecule has 1 atom stereocenters. The van der Waals surface area contributed by atoms with E-state index in [4.69, 9.17) is 11.6 Å². The first-order valence-electron chi connectivity index (χ1n) is 8.85. The molecule has 0 aliphatic heterocycles. The number of aromatic nitrogens is 1. The molecular formula is C19H23ClN6O3. The van der Waals surface area contributed by atoms with E-state index in [2.05, 4.69) is 26.0 Å². The van der Waals surface area contributed by atoms with Gasteiger partial charge >= 0.3 is 0 Å². The fourth-order valence-electron chi connectivity index (χ4n) is 2.50. The zero-order chi connectivity index (χ0) is 21.4. The van der Waals surface area contributed by atoms with Crippen LogP contribution in [0.25, 0.3) is 0 Å². The summed E-state index contributed by atoms with van der Waals surface area (Å²) in [5.74, 6) is -0.459. The normalized spacial score (nSPS) is 12.8. The van der Waals surface area contributed by atoms with E-state index in [1.807, 2.05) is 20.8 Å². The second kappa shape index (κ2) is 9.83. The van der Waals surface area contributed by atoms with Crippen LogP contribution in [0, 0.1) is 15.5 Å². The lowest BCUT2D eigenvalue weighted by atomic mass is 9.90. The van der Waals surface area contributed by atoms with Gasteiger partial charge in [-0.15, -0.1) is 0 Å². The number of halogens is 1. The maximum absolute atomic E-state index is 12.6. The molecular weight excluding hydrogens is 396 g/mol. The van der Waals surface area contributed by atoms with Crippen LogP contribution in [0.1, 0.15) is 37.6 Å². The molecule has 0 fully saturated rings. The topological polar surface area (TPSA) is 122 Å². The standard InChI is InChI=1S/C19H23ClN6O3/c1-19(2,3)11-16(23-17(27)13-6-8-14(20)9-7-13)24-18(25-26(28)29)22-15-5-4-10-21-12-15/h4-10,12,16H,11H2,1-3H3,(H,23,27)(H2,22,24,25). The van der Waals surface area contributed by atoms with Crippen LogP contribution in [0.15, 0.2) is 53.9 Å². The minimum atomic E-state index is -0.819. The molecule has 0 saturated carbocycles. The highest BCUT2D eigenvalue weighted by Gasteiger charge is 2.23. The first-order chi connectivity index (χ1) is 13.6. The molecule has 3 N–H and O–H groups in total. The van der Waals surface area contributed by atoms with E-state index < -0.39 is 11.2 Å². The number of nitrogens with one attached hydrogen (secondary N) is 3. The predicted molar refractivity (Wildman–Crippen MR) is 112 cm³/mol. The highest BCUT2D eigenvalue weighted by Crippen LogP contribution is 2.20. The summed E-state index contributed by atoms with van der Waals surface area (Å²) in [6.45, 7) is 5.99. The van der Waals surface area contributed by atoms with Gasteiger partial charge in [0.25, 0.3) is 11.9 Å².